The molecule has 0 saturated heterocycles. The molecule has 0 unspecified atom stereocenters. The number of hydrogen-bond acceptors (Lipinski definition) is 2. The first-order valence-corrected chi connectivity index (χ1v) is 9.17. The van der Waals surface area contributed by atoms with E-state index >= 15 is 0 Å². The van der Waals surface area contributed by atoms with Crippen LogP contribution in [0.5, 0.6) is 5.75 Å². The number of phenols is 1. The SMILES string of the molecule is C[C@]12CC[C@@H]3c4ccc(O)c(F)c4CC[C@H]3[C@@H]1C[C@@H](Br)[C@H]2O. The number of benzene rings is 1. The van der Waals surface area contributed by atoms with Crippen LogP contribution in [0.25, 0.3) is 0 Å². The van der Waals surface area contributed by atoms with Crippen molar-refractivity contribution in [1.29, 1.82) is 0 Å². The standard InChI is InChI=1S/C18H22BrFO2/c1-18-7-6-10-9-4-5-15(21)16(20)12(9)3-2-11(10)13(18)8-14(19)17(18)22/h4-5,10-11,13-14,17,21-22H,2-3,6-8H2,1H3/t10-,11-,13+,14-,17-,18+/m1/s1. The molecule has 2 fully saturated rings. The fourth-order valence-electron chi connectivity index (χ4n) is 5.56. The fraction of sp³-hybridized carbons (Fsp3) is 0.667. The zero-order valence-electron chi connectivity index (χ0n) is 12.7. The molecule has 3 aliphatic rings. The smallest absolute Gasteiger partial charge is 0.168 e. The molecule has 4 heteroatoms. The van der Waals surface area contributed by atoms with Crippen molar-refractivity contribution in [2.75, 3.05) is 0 Å². The summed E-state index contributed by atoms with van der Waals surface area (Å²) >= 11 is 3.66. The van der Waals surface area contributed by atoms with Gasteiger partial charge in [-0.1, -0.05) is 28.9 Å². The molecule has 0 radical (unpaired) electrons. The first-order chi connectivity index (χ1) is 10.4. The zero-order chi connectivity index (χ0) is 15.6. The molecular weight excluding hydrogens is 347 g/mol. The lowest BCUT2D eigenvalue weighted by Gasteiger charge is -2.50. The summed E-state index contributed by atoms with van der Waals surface area (Å²) in [6.07, 6.45) is 4.39. The quantitative estimate of drug-likeness (QED) is 0.676. The summed E-state index contributed by atoms with van der Waals surface area (Å²) in [6.45, 7) is 2.23. The molecule has 2 nitrogen and oxygen atoms in total. The highest BCUT2D eigenvalue weighted by Crippen LogP contribution is 2.62. The van der Waals surface area contributed by atoms with Gasteiger partial charge in [0.15, 0.2) is 11.6 Å². The van der Waals surface area contributed by atoms with Crippen LogP contribution in [0.4, 0.5) is 4.39 Å². The van der Waals surface area contributed by atoms with Crippen molar-refractivity contribution in [3.05, 3.63) is 29.1 Å². The summed E-state index contributed by atoms with van der Waals surface area (Å²) in [5.74, 6) is 0.744. The van der Waals surface area contributed by atoms with Crippen LogP contribution in [0, 0.1) is 23.1 Å². The van der Waals surface area contributed by atoms with Gasteiger partial charge in [0.25, 0.3) is 0 Å². The minimum Gasteiger partial charge on any atom is -0.505 e. The Kier molecular flexibility index (Phi) is 3.36. The number of aromatic hydroxyl groups is 1. The van der Waals surface area contributed by atoms with Crippen LogP contribution >= 0.6 is 15.9 Å². The number of phenolic OH excluding ortho intramolecular Hbond substituents is 1. The molecule has 0 bridgehead atoms. The summed E-state index contributed by atoms with van der Waals surface area (Å²) in [5, 5.41) is 20.2. The van der Waals surface area contributed by atoms with Gasteiger partial charge in [-0.25, -0.2) is 4.39 Å². The first kappa shape index (κ1) is 14.9. The Hall–Kier alpha value is -0.610. The summed E-state index contributed by atoms with van der Waals surface area (Å²) in [6, 6.07) is 3.42. The number of aliphatic hydroxyl groups excluding tert-OH is 1. The van der Waals surface area contributed by atoms with Crippen LogP contribution < -0.4 is 0 Å². The second-order valence-corrected chi connectivity index (χ2v) is 8.80. The van der Waals surface area contributed by atoms with Crippen LogP contribution in [0.15, 0.2) is 12.1 Å². The lowest BCUT2D eigenvalue weighted by molar-refractivity contribution is -0.0214. The monoisotopic (exact) mass is 368 g/mol. The van der Waals surface area contributed by atoms with Gasteiger partial charge in [0.1, 0.15) is 0 Å². The van der Waals surface area contributed by atoms with Gasteiger partial charge in [-0.05, 0) is 72.5 Å². The highest BCUT2D eigenvalue weighted by Gasteiger charge is 2.57. The largest absolute Gasteiger partial charge is 0.505 e. The van der Waals surface area contributed by atoms with Crippen LogP contribution in [0.3, 0.4) is 0 Å². The van der Waals surface area contributed by atoms with Crippen LogP contribution in [-0.2, 0) is 6.42 Å². The van der Waals surface area contributed by atoms with E-state index in [1.807, 2.05) is 6.07 Å². The Bertz CT molecular complexity index is 619. The van der Waals surface area contributed by atoms with E-state index in [1.165, 1.54) is 6.07 Å². The molecule has 4 rings (SSSR count). The molecule has 1 aromatic carbocycles. The highest BCUT2D eigenvalue weighted by molar-refractivity contribution is 9.09. The molecule has 0 amide bonds. The van der Waals surface area contributed by atoms with E-state index in [-0.39, 0.29) is 22.1 Å². The van der Waals surface area contributed by atoms with Crippen molar-refractivity contribution >= 4 is 15.9 Å². The third kappa shape index (κ3) is 1.86. The molecule has 0 aromatic heterocycles. The Balaban J connectivity index is 1.73. The topological polar surface area (TPSA) is 40.5 Å². The molecule has 120 valence electrons. The molecule has 0 aliphatic heterocycles. The second-order valence-electron chi connectivity index (χ2n) is 7.62. The average Bonchev–Trinajstić information content (AvgIpc) is 2.74. The zero-order valence-corrected chi connectivity index (χ0v) is 14.3. The summed E-state index contributed by atoms with van der Waals surface area (Å²) in [7, 11) is 0. The maximum atomic E-state index is 14.2. The van der Waals surface area contributed by atoms with Crippen molar-refractivity contribution in [1.82, 2.24) is 0 Å². The summed E-state index contributed by atoms with van der Waals surface area (Å²) in [5.41, 5.74) is 1.81. The van der Waals surface area contributed by atoms with Gasteiger partial charge in [0, 0.05) is 4.83 Å². The van der Waals surface area contributed by atoms with Crippen molar-refractivity contribution in [2.24, 2.45) is 17.3 Å². The second kappa shape index (κ2) is 4.94. The fourth-order valence-corrected chi connectivity index (χ4v) is 6.56. The summed E-state index contributed by atoms with van der Waals surface area (Å²) in [4.78, 5) is 0.180. The van der Waals surface area contributed by atoms with E-state index in [1.54, 1.807) is 0 Å². The van der Waals surface area contributed by atoms with E-state index in [9.17, 15) is 14.6 Å². The highest BCUT2D eigenvalue weighted by atomic mass is 79.9. The molecule has 22 heavy (non-hydrogen) atoms. The normalized spacial score (nSPS) is 43.4. The lowest BCUT2D eigenvalue weighted by Crippen LogP contribution is -2.44. The van der Waals surface area contributed by atoms with Crippen molar-refractivity contribution in [2.45, 2.75) is 55.9 Å². The van der Waals surface area contributed by atoms with E-state index < -0.39 is 5.82 Å². The number of halogens is 2. The van der Waals surface area contributed by atoms with Gasteiger partial charge in [0.2, 0.25) is 0 Å². The average molecular weight is 369 g/mol. The minimum atomic E-state index is -0.422. The molecule has 0 heterocycles. The molecule has 3 aliphatic carbocycles. The van der Waals surface area contributed by atoms with Gasteiger partial charge >= 0.3 is 0 Å². The Morgan fingerprint density at radius 1 is 1.32 bits per heavy atom. The molecular formula is C18H22BrFO2. The number of fused-ring (bicyclic) bond motifs is 5. The van der Waals surface area contributed by atoms with E-state index in [4.69, 9.17) is 0 Å². The maximum Gasteiger partial charge on any atom is 0.168 e. The van der Waals surface area contributed by atoms with Crippen molar-refractivity contribution < 1.29 is 14.6 Å². The van der Waals surface area contributed by atoms with Crippen LogP contribution in [-0.4, -0.2) is 21.1 Å². The van der Waals surface area contributed by atoms with E-state index in [0.717, 1.165) is 36.8 Å². The van der Waals surface area contributed by atoms with Crippen molar-refractivity contribution in [3.8, 4) is 5.75 Å². The predicted molar refractivity (Wildman–Crippen MR) is 86.8 cm³/mol. The minimum absolute atomic E-state index is 0.0116. The molecule has 6 atom stereocenters. The first-order valence-electron chi connectivity index (χ1n) is 8.26. The molecule has 2 saturated carbocycles. The Morgan fingerprint density at radius 3 is 2.86 bits per heavy atom. The van der Waals surface area contributed by atoms with Crippen LogP contribution in [0.1, 0.15) is 49.7 Å². The number of alkyl halides is 1. The molecule has 0 spiro atoms. The number of aliphatic hydroxyl groups is 1. The lowest BCUT2D eigenvalue weighted by atomic mass is 9.55. The predicted octanol–water partition coefficient (Wildman–Crippen LogP) is 4.12. The Morgan fingerprint density at radius 2 is 2.09 bits per heavy atom. The van der Waals surface area contributed by atoms with Gasteiger partial charge in [-0.2, -0.15) is 0 Å². The molecule has 2 N–H and O–H groups in total. The molecule has 1 aromatic rings. The van der Waals surface area contributed by atoms with Gasteiger partial charge in [-0.3, -0.25) is 0 Å². The van der Waals surface area contributed by atoms with E-state index in [2.05, 4.69) is 22.9 Å². The third-order valence-corrected chi connectivity index (χ3v) is 7.63. The van der Waals surface area contributed by atoms with E-state index in [0.29, 0.717) is 24.2 Å². The van der Waals surface area contributed by atoms with Gasteiger partial charge < -0.3 is 10.2 Å². The van der Waals surface area contributed by atoms with Gasteiger partial charge in [0.05, 0.1) is 6.10 Å². The van der Waals surface area contributed by atoms with Crippen LogP contribution in [0.2, 0.25) is 0 Å². The summed E-state index contributed by atoms with van der Waals surface area (Å²) < 4.78 is 14.2. The van der Waals surface area contributed by atoms with Gasteiger partial charge in [-0.15, -0.1) is 0 Å². The Labute approximate surface area is 138 Å². The number of hydrogen-bond donors (Lipinski definition) is 2. The van der Waals surface area contributed by atoms with Crippen molar-refractivity contribution in [3.63, 3.8) is 0 Å². The maximum absolute atomic E-state index is 14.2. The number of rotatable bonds is 0. The third-order valence-electron chi connectivity index (χ3n) is 6.76.